The molecule has 2 aliphatic rings. The van der Waals surface area contributed by atoms with E-state index in [1.165, 1.54) is 43.2 Å². The zero-order valence-corrected chi connectivity index (χ0v) is 14.3. The molecule has 0 aromatic heterocycles. The predicted octanol–water partition coefficient (Wildman–Crippen LogP) is 4.60. The van der Waals surface area contributed by atoms with Gasteiger partial charge in [-0.1, -0.05) is 32.3 Å². The minimum absolute atomic E-state index is 0.0619. The van der Waals surface area contributed by atoms with Gasteiger partial charge in [0, 0.05) is 29.4 Å². The van der Waals surface area contributed by atoms with E-state index in [-0.39, 0.29) is 11.9 Å². The fourth-order valence-corrected chi connectivity index (χ4v) is 3.88. The second-order valence-electron chi connectivity index (χ2n) is 6.88. The number of fused-ring (bicyclic) bond motifs is 1. The lowest BCUT2D eigenvalue weighted by Gasteiger charge is -2.28. The molecule has 3 rings (SSSR count). The summed E-state index contributed by atoms with van der Waals surface area (Å²) in [6.45, 7) is 5.20. The number of allylic oxidation sites excluding steroid dienone is 1. The van der Waals surface area contributed by atoms with Crippen LogP contribution in [0.1, 0.15) is 68.3 Å². The summed E-state index contributed by atoms with van der Waals surface area (Å²) in [7, 11) is 0. The zero-order chi connectivity index (χ0) is 16.2. The van der Waals surface area contributed by atoms with E-state index in [2.05, 4.69) is 30.6 Å². The molecule has 1 aliphatic heterocycles. The van der Waals surface area contributed by atoms with Crippen molar-refractivity contribution in [3.8, 4) is 0 Å². The molecular weight excluding hydrogens is 284 g/mol. The smallest absolute Gasteiger partial charge is 0.251 e. The first-order valence-electron chi connectivity index (χ1n) is 9.07. The highest BCUT2D eigenvalue weighted by Gasteiger charge is 2.22. The van der Waals surface area contributed by atoms with Crippen LogP contribution in [0.15, 0.2) is 24.3 Å². The van der Waals surface area contributed by atoms with E-state index in [4.69, 9.17) is 0 Å². The van der Waals surface area contributed by atoms with Crippen LogP contribution in [0.3, 0.4) is 0 Å². The molecule has 1 fully saturated rings. The number of rotatable bonds is 4. The van der Waals surface area contributed by atoms with Gasteiger partial charge in [-0.05, 0) is 55.9 Å². The predicted molar refractivity (Wildman–Crippen MR) is 96.7 cm³/mol. The fourth-order valence-electron chi connectivity index (χ4n) is 3.88. The molecule has 0 radical (unpaired) electrons. The maximum absolute atomic E-state index is 12.6. The molecule has 23 heavy (non-hydrogen) atoms. The van der Waals surface area contributed by atoms with E-state index >= 15 is 0 Å². The average Bonchev–Trinajstić information content (AvgIpc) is 2.61. The highest BCUT2D eigenvalue weighted by molar-refractivity contribution is 5.96. The van der Waals surface area contributed by atoms with Crippen molar-refractivity contribution in [3.63, 3.8) is 0 Å². The Bertz CT molecular complexity index is 600. The van der Waals surface area contributed by atoms with Crippen LogP contribution in [0.5, 0.6) is 0 Å². The molecule has 1 atom stereocenters. The monoisotopic (exact) mass is 312 g/mol. The Morgan fingerprint density at radius 3 is 2.83 bits per heavy atom. The van der Waals surface area contributed by atoms with Crippen molar-refractivity contribution >= 4 is 17.2 Å². The number of carbonyl (C=O) groups excluding carboxylic acids is 1. The molecule has 124 valence electrons. The maximum atomic E-state index is 12.6. The van der Waals surface area contributed by atoms with Crippen LogP contribution >= 0.6 is 0 Å². The SMILES string of the molecule is CCC1=CCNc2ccc(C(=O)NC(C)C3CCCCC3)cc21. The van der Waals surface area contributed by atoms with Crippen LogP contribution in [-0.4, -0.2) is 18.5 Å². The average molecular weight is 312 g/mol. The van der Waals surface area contributed by atoms with Gasteiger partial charge in [-0.15, -0.1) is 0 Å². The molecular formula is C20H28N2O. The molecule has 1 aliphatic carbocycles. The third-order valence-electron chi connectivity index (χ3n) is 5.37. The number of amides is 1. The number of nitrogens with one attached hydrogen (secondary N) is 2. The van der Waals surface area contributed by atoms with E-state index in [9.17, 15) is 4.79 Å². The summed E-state index contributed by atoms with van der Waals surface area (Å²) < 4.78 is 0. The minimum atomic E-state index is 0.0619. The molecule has 3 nitrogen and oxygen atoms in total. The van der Waals surface area contributed by atoms with Crippen LogP contribution < -0.4 is 10.6 Å². The lowest BCUT2D eigenvalue weighted by Crippen LogP contribution is -2.38. The van der Waals surface area contributed by atoms with Crippen LogP contribution in [0.25, 0.3) is 5.57 Å². The van der Waals surface area contributed by atoms with Crippen molar-refractivity contribution in [2.24, 2.45) is 5.92 Å². The summed E-state index contributed by atoms with van der Waals surface area (Å²) in [5.41, 5.74) is 4.42. The number of carbonyl (C=O) groups is 1. The Morgan fingerprint density at radius 2 is 2.09 bits per heavy atom. The Kier molecular flexibility index (Phi) is 5.04. The first kappa shape index (κ1) is 16.1. The minimum Gasteiger partial charge on any atom is -0.381 e. The number of anilines is 1. The van der Waals surface area contributed by atoms with Crippen molar-refractivity contribution < 1.29 is 4.79 Å². The van der Waals surface area contributed by atoms with E-state index in [1.54, 1.807) is 0 Å². The third-order valence-corrected chi connectivity index (χ3v) is 5.37. The molecule has 2 N–H and O–H groups in total. The van der Waals surface area contributed by atoms with Crippen molar-refractivity contribution in [2.45, 2.75) is 58.4 Å². The second-order valence-corrected chi connectivity index (χ2v) is 6.88. The second kappa shape index (κ2) is 7.20. The van der Waals surface area contributed by atoms with Crippen LogP contribution in [0, 0.1) is 5.92 Å². The van der Waals surface area contributed by atoms with Crippen molar-refractivity contribution in [1.82, 2.24) is 5.32 Å². The summed E-state index contributed by atoms with van der Waals surface area (Å²) >= 11 is 0. The number of benzene rings is 1. The van der Waals surface area contributed by atoms with E-state index < -0.39 is 0 Å². The van der Waals surface area contributed by atoms with Gasteiger partial charge in [-0.25, -0.2) is 0 Å². The molecule has 3 heteroatoms. The lowest BCUT2D eigenvalue weighted by molar-refractivity contribution is 0.0919. The van der Waals surface area contributed by atoms with Gasteiger partial charge in [-0.3, -0.25) is 4.79 Å². The van der Waals surface area contributed by atoms with Crippen LogP contribution in [0.4, 0.5) is 5.69 Å². The van der Waals surface area contributed by atoms with Crippen molar-refractivity contribution in [1.29, 1.82) is 0 Å². The topological polar surface area (TPSA) is 41.1 Å². The van der Waals surface area contributed by atoms with Gasteiger partial charge in [0.05, 0.1) is 0 Å². The standard InChI is InChI=1S/C20H28N2O/c1-3-15-11-12-21-19-10-9-17(13-18(15)19)20(23)22-14(2)16-7-5-4-6-8-16/h9-11,13-14,16,21H,3-8,12H2,1-2H3,(H,22,23). The van der Waals surface area contributed by atoms with E-state index in [0.29, 0.717) is 5.92 Å². The first-order valence-corrected chi connectivity index (χ1v) is 9.07. The Balaban J connectivity index is 1.71. The molecule has 0 saturated heterocycles. The summed E-state index contributed by atoms with van der Waals surface area (Å²) in [6, 6.07) is 6.28. The van der Waals surface area contributed by atoms with Crippen molar-refractivity contribution in [3.05, 3.63) is 35.4 Å². The summed E-state index contributed by atoms with van der Waals surface area (Å²) in [4.78, 5) is 12.6. The Hall–Kier alpha value is -1.77. The van der Waals surface area contributed by atoms with Crippen molar-refractivity contribution in [2.75, 3.05) is 11.9 Å². The van der Waals surface area contributed by atoms with Gasteiger partial charge in [0.15, 0.2) is 0 Å². The molecule has 1 amide bonds. The van der Waals surface area contributed by atoms with Gasteiger partial charge in [0.25, 0.3) is 5.91 Å². The largest absolute Gasteiger partial charge is 0.381 e. The molecule has 0 spiro atoms. The van der Waals surface area contributed by atoms with Crippen LogP contribution in [-0.2, 0) is 0 Å². The lowest BCUT2D eigenvalue weighted by atomic mass is 9.84. The third kappa shape index (κ3) is 3.60. The molecule has 1 aromatic rings. The Labute approximate surface area is 139 Å². The summed E-state index contributed by atoms with van der Waals surface area (Å²) in [5, 5.41) is 6.60. The van der Waals surface area contributed by atoms with Gasteiger partial charge in [0.2, 0.25) is 0 Å². The number of hydrogen-bond donors (Lipinski definition) is 2. The zero-order valence-electron chi connectivity index (χ0n) is 14.3. The normalized spacial score (nSPS) is 19.3. The number of hydrogen-bond acceptors (Lipinski definition) is 2. The quantitative estimate of drug-likeness (QED) is 0.853. The maximum Gasteiger partial charge on any atom is 0.251 e. The van der Waals surface area contributed by atoms with E-state index in [1.807, 2.05) is 18.2 Å². The molecule has 1 aromatic carbocycles. The molecule has 1 unspecified atom stereocenters. The highest BCUT2D eigenvalue weighted by atomic mass is 16.1. The molecule has 0 bridgehead atoms. The summed E-state index contributed by atoms with van der Waals surface area (Å²) in [6.07, 6.45) is 9.67. The van der Waals surface area contributed by atoms with Gasteiger partial charge < -0.3 is 10.6 Å². The van der Waals surface area contributed by atoms with Gasteiger partial charge in [-0.2, -0.15) is 0 Å². The first-order chi connectivity index (χ1) is 11.2. The molecule has 1 heterocycles. The highest BCUT2D eigenvalue weighted by Crippen LogP contribution is 2.31. The summed E-state index contributed by atoms with van der Waals surface area (Å²) in [5.74, 6) is 0.699. The van der Waals surface area contributed by atoms with Gasteiger partial charge >= 0.3 is 0 Å². The fraction of sp³-hybridized carbons (Fsp3) is 0.550. The van der Waals surface area contributed by atoms with E-state index in [0.717, 1.165) is 24.2 Å². The Morgan fingerprint density at radius 1 is 1.30 bits per heavy atom. The molecule has 1 saturated carbocycles. The van der Waals surface area contributed by atoms with Gasteiger partial charge in [0.1, 0.15) is 0 Å². The van der Waals surface area contributed by atoms with Crippen LogP contribution in [0.2, 0.25) is 0 Å².